The summed E-state index contributed by atoms with van der Waals surface area (Å²) in [6.45, 7) is 0.651. The molecule has 0 amide bonds. The van der Waals surface area contributed by atoms with Gasteiger partial charge in [0.05, 0.1) is 6.61 Å². The third kappa shape index (κ3) is 8.92. The molecule has 0 aromatic heterocycles. The molecule has 0 spiro atoms. The van der Waals surface area contributed by atoms with E-state index in [1.54, 1.807) is 12.1 Å². The van der Waals surface area contributed by atoms with Crippen molar-refractivity contribution in [3.05, 3.63) is 29.8 Å². The molecule has 0 saturated heterocycles. The smallest absolute Gasteiger partial charge is 0.303 e. The Morgan fingerprint density at radius 2 is 1.67 bits per heavy atom. The van der Waals surface area contributed by atoms with Gasteiger partial charge in [-0.25, -0.2) is 0 Å². The van der Waals surface area contributed by atoms with E-state index in [4.69, 9.17) is 21.0 Å². The van der Waals surface area contributed by atoms with E-state index in [0.29, 0.717) is 12.2 Å². The summed E-state index contributed by atoms with van der Waals surface area (Å²) in [5.74, 6) is 0.112. The molecule has 0 aliphatic rings. The molecule has 0 radical (unpaired) electrons. The molecule has 0 fully saturated rings. The van der Waals surface area contributed by atoms with Crippen LogP contribution < -0.4 is 10.5 Å². The fourth-order valence-corrected chi connectivity index (χ4v) is 1.83. The first-order valence-electron chi connectivity index (χ1n) is 6.88. The first-order valence-corrected chi connectivity index (χ1v) is 6.88. The fraction of sp³-hybridized carbons (Fsp3) is 0.467. The van der Waals surface area contributed by atoms with Crippen molar-refractivity contribution >= 4 is 24.2 Å². The van der Waals surface area contributed by atoms with Gasteiger partial charge in [0.1, 0.15) is 11.6 Å². The molecule has 1 aromatic rings. The van der Waals surface area contributed by atoms with Gasteiger partial charge in [-0.05, 0) is 37.1 Å². The Kier molecular flexibility index (Phi) is 10.1. The second kappa shape index (κ2) is 11.0. The minimum absolute atomic E-state index is 0. The molecule has 4 N–H and O–H groups in total. The van der Waals surface area contributed by atoms with Gasteiger partial charge in [0, 0.05) is 12.0 Å². The average Bonchev–Trinajstić information content (AvgIpc) is 2.42. The normalized spacial score (nSPS) is 9.71. The SMILES string of the molecule is Cl.N=C(N)c1ccc(OCCCCCCCC(=O)O)cc1. The second-order valence-corrected chi connectivity index (χ2v) is 4.70. The van der Waals surface area contributed by atoms with Gasteiger partial charge < -0.3 is 15.6 Å². The number of aliphatic carboxylic acids is 1. The number of carboxylic acid groups (broad SMARTS) is 1. The van der Waals surface area contributed by atoms with Gasteiger partial charge in [0.2, 0.25) is 0 Å². The van der Waals surface area contributed by atoms with Crippen LogP contribution in [0.4, 0.5) is 0 Å². The van der Waals surface area contributed by atoms with Crippen LogP contribution in [0, 0.1) is 5.41 Å². The number of nitrogen functional groups attached to an aromatic ring is 1. The van der Waals surface area contributed by atoms with E-state index in [1.165, 1.54) is 0 Å². The number of rotatable bonds is 10. The van der Waals surface area contributed by atoms with Crippen molar-refractivity contribution in [3.63, 3.8) is 0 Å². The van der Waals surface area contributed by atoms with E-state index < -0.39 is 5.97 Å². The molecular weight excluding hydrogens is 292 g/mol. The quantitative estimate of drug-likeness (QED) is 0.351. The lowest BCUT2D eigenvalue weighted by molar-refractivity contribution is -0.137. The van der Waals surface area contributed by atoms with Crippen LogP contribution in [0.25, 0.3) is 0 Å². The minimum atomic E-state index is -0.720. The van der Waals surface area contributed by atoms with Crippen molar-refractivity contribution < 1.29 is 14.6 Å². The van der Waals surface area contributed by atoms with E-state index >= 15 is 0 Å². The largest absolute Gasteiger partial charge is 0.494 e. The zero-order chi connectivity index (χ0) is 14.8. The lowest BCUT2D eigenvalue weighted by Gasteiger charge is -2.06. The van der Waals surface area contributed by atoms with Gasteiger partial charge >= 0.3 is 5.97 Å². The maximum atomic E-state index is 10.3. The Morgan fingerprint density at radius 1 is 1.10 bits per heavy atom. The van der Waals surface area contributed by atoms with Gasteiger partial charge in [0.15, 0.2) is 0 Å². The van der Waals surface area contributed by atoms with Gasteiger partial charge in [0.25, 0.3) is 0 Å². The first-order chi connectivity index (χ1) is 9.59. The van der Waals surface area contributed by atoms with Gasteiger partial charge in [-0.2, -0.15) is 0 Å². The molecule has 21 heavy (non-hydrogen) atoms. The number of ether oxygens (including phenoxy) is 1. The molecule has 1 rings (SSSR count). The number of nitrogens with one attached hydrogen (secondary N) is 1. The number of carbonyl (C=O) groups is 1. The molecule has 0 aliphatic carbocycles. The van der Waals surface area contributed by atoms with E-state index in [0.717, 1.165) is 37.9 Å². The highest BCUT2D eigenvalue weighted by Crippen LogP contribution is 2.13. The number of hydrogen-bond acceptors (Lipinski definition) is 3. The number of amidine groups is 1. The Bertz CT molecular complexity index is 435. The van der Waals surface area contributed by atoms with Crippen LogP contribution in [0.1, 0.15) is 44.1 Å². The topological polar surface area (TPSA) is 96.4 Å². The van der Waals surface area contributed by atoms with Crippen LogP contribution >= 0.6 is 12.4 Å². The third-order valence-electron chi connectivity index (χ3n) is 2.97. The number of nitrogens with two attached hydrogens (primary N) is 1. The standard InChI is InChI=1S/C15H22N2O3.ClH/c16-15(17)12-7-9-13(10-8-12)20-11-5-3-1-2-4-6-14(18)19;/h7-10H,1-6,11H2,(H3,16,17)(H,18,19);1H. The summed E-state index contributed by atoms with van der Waals surface area (Å²) < 4.78 is 5.58. The Balaban J connectivity index is 0.00000400. The zero-order valence-corrected chi connectivity index (χ0v) is 12.8. The van der Waals surface area contributed by atoms with Crippen LogP contribution in [-0.4, -0.2) is 23.5 Å². The monoisotopic (exact) mass is 314 g/mol. The molecule has 6 heteroatoms. The van der Waals surface area contributed by atoms with Crippen LogP contribution in [-0.2, 0) is 4.79 Å². The van der Waals surface area contributed by atoms with E-state index in [2.05, 4.69) is 0 Å². The predicted octanol–water partition coefficient (Wildman–Crippen LogP) is 3.20. The molecule has 0 atom stereocenters. The van der Waals surface area contributed by atoms with Crippen molar-refractivity contribution in [1.82, 2.24) is 0 Å². The Morgan fingerprint density at radius 3 is 2.24 bits per heavy atom. The molecule has 5 nitrogen and oxygen atoms in total. The summed E-state index contributed by atoms with van der Waals surface area (Å²) in [6.07, 6.45) is 5.02. The minimum Gasteiger partial charge on any atom is -0.494 e. The maximum Gasteiger partial charge on any atom is 0.303 e. The average molecular weight is 315 g/mol. The predicted molar refractivity (Wildman–Crippen MR) is 85.5 cm³/mol. The van der Waals surface area contributed by atoms with Crippen LogP contribution in [0.15, 0.2) is 24.3 Å². The summed E-state index contributed by atoms with van der Waals surface area (Å²) in [4.78, 5) is 10.3. The molecule has 0 bridgehead atoms. The van der Waals surface area contributed by atoms with Crippen molar-refractivity contribution in [2.75, 3.05) is 6.61 Å². The van der Waals surface area contributed by atoms with E-state index in [9.17, 15) is 4.79 Å². The summed E-state index contributed by atoms with van der Waals surface area (Å²) in [5.41, 5.74) is 6.06. The van der Waals surface area contributed by atoms with Crippen LogP contribution in [0.3, 0.4) is 0 Å². The number of carboxylic acids is 1. The van der Waals surface area contributed by atoms with Gasteiger partial charge in [-0.15, -0.1) is 12.4 Å². The van der Waals surface area contributed by atoms with Crippen molar-refractivity contribution in [2.45, 2.75) is 38.5 Å². The first kappa shape index (κ1) is 19.2. The molecule has 0 heterocycles. The number of halogens is 1. The zero-order valence-electron chi connectivity index (χ0n) is 12.0. The fourth-order valence-electron chi connectivity index (χ4n) is 1.83. The lowest BCUT2D eigenvalue weighted by Crippen LogP contribution is -2.10. The Labute approximate surface area is 131 Å². The highest BCUT2D eigenvalue weighted by atomic mass is 35.5. The van der Waals surface area contributed by atoms with E-state index in [-0.39, 0.29) is 24.7 Å². The highest BCUT2D eigenvalue weighted by molar-refractivity contribution is 5.94. The van der Waals surface area contributed by atoms with Crippen LogP contribution in [0.5, 0.6) is 5.75 Å². The lowest BCUT2D eigenvalue weighted by atomic mass is 10.1. The van der Waals surface area contributed by atoms with Crippen molar-refractivity contribution in [1.29, 1.82) is 5.41 Å². The number of benzene rings is 1. The molecule has 118 valence electrons. The van der Waals surface area contributed by atoms with Crippen molar-refractivity contribution in [3.8, 4) is 5.75 Å². The van der Waals surface area contributed by atoms with Crippen molar-refractivity contribution in [2.24, 2.45) is 5.73 Å². The van der Waals surface area contributed by atoms with E-state index in [1.807, 2.05) is 12.1 Å². The molecule has 0 aliphatic heterocycles. The third-order valence-corrected chi connectivity index (χ3v) is 2.97. The maximum absolute atomic E-state index is 10.3. The van der Waals surface area contributed by atoms with Gasteiger partial charge in [-0.1, -0.05) is 19.3 Å². The van der Waals surface area contributed by atoms with Crippen LogP contribution in [0.2, 0.25) is 0 Å². The Hall–Kier alpha value is -1.75. The summed E-state index contributed by atoms with van der Waals surface area (Å²) in [5, 5.41) is 15.8. The molecule has 0 saturated carbocycles. The number of unbranched alkanes of at least 4 members (excludes halogenated alkanes) is 4. The molecule has 0 unspecified atom stereocenters. The van der Waals surface area contributed by atoms with Gasteiger partial charge in [-0.3, -0.25) is 10.2 Å². The highest BCUT2D eigenvalue weighted by Gasteiger charge is 1.99. The molecular formula is C15H23ClN2O3. The summed E-state index contributed by atoms with van der Waals surface area (Å²) >= 11 is 0. The summed E-state index contributed by atoms with van der Waals surface area (Å²) in [6, 6.07) is 7.15. The second-order valence-electron chi connectivity index (χ2n) is 4.70. The number of hydrogen-bond donors (Lipinski definition) is 3. The summed E-state index contributed by atoms with van der Waals surface area (Å²) in [7, 11) is 0. The molecule has 1 aromatic carbocycles.